The molecule has 0 fully saturated rings. The topological polar surface area (TPSA) is 77.3 Å². The van der Waals surface area contributed by atoms with E-state index in [-0.39, 0.29) is 17.9 Å². The quantitative estimate of drug-likeness (QED) is 0.478. The summed E-state index contributed by atoms with van der Waals surface area (Å²) < 4.78 is 6.74. The van der Waals surface area contributed by atoms with Crippen LogP contribution in [0.15, 0.2) is 35.6 Å². The summed E-state index contributed by atoms with van der Waals surface area (Å²) >= 11 is 1.65. The summed E-state index contributed by atoms with van der Waals surface area (Å²) in [7, 11) is 1.66. The molecule has 0 radical (unpaired) electrons. The highest BCUT2D eigenvalue weighted by Crippen LogP contribution is 2.33. The second-order valence-electron chi connectivity index (χ2n) is 7.90. The lowest BCUT2D eigenvalue weighted by Gasteiger charge is -2.23. The molecule has 31 heavy (non-hydrogen) atoms. The molecule has 8 heteroatoms. The third-order valence-electron chi connectivity index (χ3n) is 5.76. The molecule has 0 bridgehead atoms. The van der Waals surface area contributed by atoms with Crippen LogP contribution in [0.25, 0.3) is 10.2 Å². The van der Waals surface area contributed by atoms with Crippen LogP contribution in [0, 0.1) is 0 Å². The molecule has 0 atom stereocenters. The van der Waals surface area contributed by atoms with E-state index in [4.69, 9.17) is 4.74 Å². The third-order valence-corrected chi connectivity index (χ3v) is 6.96. The highest BCUT2D eigenvalue weighted by Gasteiger charge is 2.20. The first-order valence-corrected chi connectivity index (χ1v) is 11.6. The lowest BCUT2D eigenvalue weighted by Crippen LogP contribution is -2.33. The maximum atomic E-state index is 13.1. The molecule has 3 aromatic rings. The van der Waals surface area contributed by atoms with Crippen molar-refractivity contribution < 1.29 is 9.53 Å². The van der Waals surface area contributed by atoms with E-state index in [0.29, 0.717) is 26.2 Å². The Hall–Kier alpha value is -2.58. The van der Waals surface area contributed by atoms with Crippen LogP contribution in [0.1, 0.15) is 41.7 Å². The van der Waals surface area contributed by atoms with E-state index in [1.54, 1.807) is 41.7 Å². The zero-order valence-corrected chi connectivity index (χ0v) is 18.7. The summed E-state index contributed by atoms with van der Waals surface area (Å²) in [4.78, 5) is 38.7. The fraction of sp³-hybridized carbons (Fsp3) is 0.478. The van der Waals surface area contributed by atoms with Crippen LogP contribution < -0.4 is 5.56 Å². The smallest absolute Gasteiger partial charge is 0.262 e. The van der Waals surface area contributed by atoms with Gasteiger partial charge < -0.3 is 9.64 Å². The highest BCUT2D eigenvalue weighted by atomic mass is 32.1. The number of fused-ring (bicyclic) bond motifs is 3. The molecule has 0 aromatic carbocycles. The van der Waals surface area contributed by atoms with Gasteiger partial charge in [-0.2, -0.15) is 0 Å². The fourth-order valence-electron chi connectivity index (χ4n) is 4.11. The maximum Gasteiger partial charge on any atom is 0.262 e. The van der Waals surface area contributed by atoms with Gasteiger partial charge in [0, 0.05) is 57.0 Å². The van der Waals surface area contributed by atoms with Gasteiger partial charge in [0.2, 0.25) is 5.91 Å². The van der Waals surface area contributed by atoms with Crippen LogP contribution in [0.4, 0.5) is 0 Å². The minimum Gasteiger partial charge on any atom is -0.385 e. The van der Waals surface area contributed by atoms with E-state index in [0.717, 1.165) is 41.5 Å². The molecular formula is C23H28N4O3S. The predicted molar refractivity (Wildman–Crippen MR) is 121 cm³/mol. The summed E-state index contributed by atoms with van der Waals surface area (Å²) in [5.74, 6) is 0.0206. The van der Waals surface area contributed by atoms with Gasteiger partial charge in [0.15, 0.2) is 0 Å². The molecule has 0 aliphatic heterocycles. The number of thiophene rings is 1. The summed E-state index contributed by atoms with van der Waals surface area (Å²) in [6.07, 6.45) is 10.4. The number of ether oxygens (including phenoxy) is 1. The number of methoxy groups -OCH3 is 1. The van der Waals surface area contributed by atoms with Crippen LogP contribution >= 0.6 is 11.3 Å². The second kappa shape index (κ2) is 10.2. The van der Waals surface area contributed by atoms with Crippen molar-refractivity contribution in [1.82, 2.24) is 19.4 Å². The molecule has 0 saturated heterocycles. The Morgan fingerprint density at radius 1 is 1.26 bits per heavy atom. The van der Waals surface area contributed by atoms with E-state index in [2.05, 4.69) is 9.97 Å². The molecule has 7 nitrogen and oxygen atoms in total. The van der Waals surface area contributed by atoms with E-state index in [1.807, 2.05) is 17.0 Å². The Morgan fingerprint density at radius 2 is 2.06 bits per heavy atom. The van der Waals surface area contributed by atoms with Gasteiger partial charge in [-0.1, -0.05) is 0 Å². The van der Waals surface area contributed by atoms with E-state index in [1.165, 1.54) is 16.9 Å². The lowest BCUT2D eigenvalue weighted by molar-refractivity contribution is -0.132. The Kier molecular flexibility index (Phi) is 7.09. The fourth-order valence-corrected chi connectivity index (χ4v) is 5.33. The van der Waals surface area contributed by atoms with E-state index >= 15 is 0 Å². The number of aromatic nitrogens is 3. The second-order valence-corrected chi connectivity index (χ2v) is 8.98. The molecule has 4 rings (SSSR count). The van der Waals surface area contributed by atoms with Crippen LogP contribution in [-0.2, 0) is 35.5 Å². The summed E-state index contributed by atoms with van der Waals surface area (Å²) in [6, 6.07) is 3.83. The number of aryl methyl sites for hydroxylation is 3. The standard InChI is InChI=1S/C23H28N4O3S/c1-30-14-4-12-26(15-17-7-10-24-11-8-17)20(28)9-13-27-16-25-22-21(23(27)29)18-5-2-3-6-19(18)31-22/h7-8,10-11,16H,2-6,9,12-15H2,1H3. The van der Waals surface area contributed by atoms with Crippen molar-refractivity contribution >= 4 is 27.5 Å². The maximum absolute atomic E-state index is 13.1. The molecule has 0 unspecified atom stereocenters. The Labute approximate surface area is 185 Å². The molecule has 1 aliphatic rings. The van der Waals surface area contributed by atoms with E-state index in [9.17, 15) is 9.59 Å². The van der Waals surface area contributed by atoms with Crippen molar-refractivity contribution in [3.63, 3.8) is 0 Å². The number of carbonyl (C=O) groups excluding carboxylic acids is 1. The first-order valence-electron chi connectivity index (χ1n) is 10.8. The average molecular weight is 441 g/mol. The van der Waals surface area contributed by atoms with Crippen LogP contribution in [0.2, 0.25) is 0 Å². The summed E-state index contributed by atoms with van der Waals surface area (Å²) in [6.45, 7) is 2.07. The third kappa shape index (κ3) is 5.02. The number of carbonyl (C=O) groups is 1. The van der Waals surface area contributed by atoms with Gasteiger partial charge >= 0.3 is 0 Å². The van der Waals surface area contributed by atoms with Crippen molar-refractivity contribution in [3.05, 3.63) is 57.2 Å². The molecule has 1 aliphatic carbocycles. The van der Waals surface area contributed by atoms with Crippen LogP contribution in [-0.4, -0.2) is 45.6 Å². The van der Waals surface area contributed by atoms with Gasteiger partial charge in [0.1, 0.15) is 4.83 Å². The first kappa shape index (κ1) is 21.6. The first-order chi connectivity index (χ1) is 15.2. The number of rotatable bonds is 9. The van der Waals surface area contributed by atoms with Crippen molar-refractivity contribution in [1.29, 1.82) is 0 Å². The number of pyridine rings is 1. The molecule has 3 heterocycles. The molecule has 3 aromatic heterocycles. The van der Waals surface area contributed by atoms with Gasteiger partial charge in [-0.15, -0.1) is 11.3 Å². The largest absolute Gasteiger partial charge is 0.385 e. The zero-order valence-electron chi connectivity index (χ0n) is 17.9. The highest BCUT2D eigenvalue weighted by molar-refractivity contribution is 7.18. The number of nitrogens with zero attached hydrogens (tertiary/aromatic N) is 4. The molecule has 0 spiro atoms. The van der Waals surface area contributed by atoms with Crippen LogP contribution in [0.3, 0.4) is 0 Å². The Morgan fingerprint density at radius 3 is 2.87 bits per heavy atom. The molecule has 0 saturated carbocycles. The minimum atomic E-state index is -0.0164. The number of amides is 1. The Bertz CT molecular complexity index is 1090. The van der Waals surface area contributed by atoms with Gasteiger partial charge in [-0.05, 0) is 55.4 Å². The van der Waals surface area contributed by atoms with Crippen molar-refractivity contribution in [2.75, 3.05) is 20.3 Å². The average Bonchev–Trinajstić information content (AvgIpc) is 3.18. The number of hydrogen-bond acceptors (Lipinski definition) is 6. The van der Waals surface area contributed by atoms with Gasteiger partial charge in [-0.3, -0.25) is 19.1 Å². The normalized spacial score (nSPS) is 13.3. The molecular weight excluding hydrogens is 412 g/mol. The molecule has 164 valence electrons. The Balaban J connectivity index is 1.48. The SMILES string of the molecule is COCCCN(Cc1ccncc1)C(=O)CCn1cnc2sc3c(c2c1=O)CCCC3. The summed E-state index contributed by atoms with van der Waals surface area (Å²) in [5.41, 5.74) is 2.20. The van der Waals surface area contributed by atoms with Gasteiger partial charge in [0.25, 0.3) is 5.56 Å². The summed E-state index contributed by atoms with van der Waals surface area (Å²) in [5, 5.41) is 0.767. The molecule has 1 amide bonds. The zero-order chi connectivity index (χ0) is 21.6. The number of hydrogen-bond donors (Lipinski definition) is 0. The monoisotopic (exact) mass is 440 g/mol. The van der Waals surface area contributed by atoms with Gasteiger partial charge in [0.05, 0.1) is 11.7 Å². The molecule has 0 N–H and O–H groups in total. The predicted octanol–water partition coefficient (Wildman–Crippen LogP) is 3.19. The van der Waals surface area contributed by atoms with Crippen LogP contribution in [0.5, 0.6) is 0 Å². The lowest BCUT2D eigenvalue weighted by atomic mass is 9.97. The van der Waals surface area contributed by atoms with Crippen molar-refractivity contribution in [2.24, 2.45) is 0 Å². The van der Waals surface area contributed by atoms with Crippen molar-refractivity contribution in [2.45, 2.75) is 51.6 Å². The van der Waals surface area contributed by atoms with Crippen molar-refractivity contribution in [3.8, 4) is 0 Å². The van der Waals surface area contributed by atoms with Gasteiger partial charge in [-0.25, -0.2) is 4.98 Å². The van der Waals surface area contributed by atoms with E-state index < -0.39 is 0 Å². The minimum absolute atomic E-state index is 0.0164.